The highest BCUT2D eigenvalue weighted by Crippen LogP contribution is 2.43. The van der Waals surface area contributed by atoms with E-state index in [0.29, 0.717) is 12.8 Å². The highest BCUT2D eigenvalue weighted by molar-refractivity contribution is 7.47. The number of nitrogens with one attached hydrogen (secondary N) is 1. The minimum absolute atomic E-state index is 0.136. The van der Waals surface area contributed by atoms with E-state index in [2.05, 4.69) is 43.5 Å². The fourth-order valence-corrected chi connectivity index (χ4v) is 5.89. The monoisotopic (exact) mass is 731 g/mol. The lowest BCUT2D eigenvalue weighted by Crippen LogP contribution is -2.43. The van der Waals surface area contributed by atoms with Crippen LogP contribution < -0.4 is 5.32 Å². The Bertz CT molecular complexity index is 958. The average molecular weight is 732 g/mol. The number of aliphatic carboxylic acids is 1. The van der Waals surface area contributed by atoms with Gasteiger partial charge in [0.15, 0.2) is 6.04 Å². The van der Waals surface area contributed by atoms with Crippen molar-refractivity contribution in [2.45, 2.75) is 180 Å². The number of carbonyl (C=O) groups excluding carboxylic acids is 2. The normalized spacial score (nSPS) is 14.2. The van der Waals surface area contributed by atoms with Gasteiger partial charge in [0.05, 0.1) is 13.2 Å². The zero-order valence-electron chi connectivity index (χ0n) is 31.2. The number of phosphoric ester groups is 1. The molecular weight excluding hydrogens is 661 g/mol. The van der Waals surface area contributed by atoms with Crippen LogP contribution in [-0.2, 0) is 32.7 Å². The van der Waals surface area contributed by atoms with Crippen molar-refractivity contribution < 1.29 is 47.8 Å². The van der Waals surface area contributed by atoms with Crippen LogP contribution in [0.4, 0.5) is 0 Å². The minimum Gasteiger partial charge on any atom is -0.480 e. The molecule has 0 saturated carbocycles. The van der Waals surface area contributed by atoms with Gasteiger partial charge in [0, 0.05) is 12.8 Å². The van der Waals surface area contributed by atoms with E-state index in [-0.39, 0.29) is 12.8 Å². The number of ether oxygens (including phenoxy) is 1. The molecule has 0 aliphatic carbocycles. The molecule has 0 aromatic rings. The fraction of sp³-hybridized carbons (Fsp3) is 0.816. The standard InChI is InChI=1S/C38H70NO10P/c1-3-5-7-9-11-13-15-16-17-18-20-21-23-25-27-29-36(41)39-35(38(43)44)33-49-50(45,46)48-32-34(40)31-47-37(42)30-28-26-24-22-19-14-12-10-8-6-4-2/h10,12,16-17,34-35,40H,3-9,11,13-15,18-33H2,1-2H3,(H,39,41)(H,43,44)(H,45,46)/b12-10-,17-16-. The third-order valence-electron chi connectivity index (χ3n) is 8.21. The number of aliphatic hydroxyl groups is 1. The molecule has 3 atom stereocenters. The number of hydrogen-bond acceptors (Lipinski definition) is 8. The summed E-state index contributed by atoms with van der Waals surface area (Å²) in [6, 6.07) is -1.55. The van der Waals surface area contributed by atoms with Crippen LogP contribution in [0, 0.1) is 0 Å². The molecule has 1 amide bonds. The van der Waals surface area contributed by atoms with E-state index in [4.69, 9.17) is 13.8 Å². The van der Waals surface area contributed by atoms with Crippen LogP contribution >= 0.6 is 7.82 Å². The van der Waals surface area contributed by atoms with Gasteiger partial charge in [-0.15, -0.1) is 0 Å². The minimum atomic E-state index is -4.75. The lowest BCUT2D eigenvalue weighted by atomic mass is 10.1. The summed E-state index contributed by atoms with van der Waals surface area (Å²) < 4.78 is 26.7. The maximum absolute atomic E-state index is 12.3. The topological polar surface area (TPSA) is 169 Å². The Morgan fingerprint density at radius 3 is 1.58 bits per heavy atom. The molecule has 0 aliphatic rings. The SMILES string of the molecule is CCCC/C=C\CCCCCCCC(=O)OCC(O)COP(=O)(O)OCC(NC(=O)CCCCCCC/C=C\CCCCCCCC)C(=O)O. The van der Waals surface area contributed by atoms with Gasteiger partial charge in [-0.05, 0) is 57.8 Å². The van der Waals surface area contributed by atoms with Gasteiger partial charge in [-0.25, -0.2) is 9.36 Å². The predicted octanol–water partition coefficient (Wildman–Crippen LogP) is 9.11. The van der Waals surface area contributed by atoms with Gasteiger partial charge in [-0.3, -0.25) is 18.6 Å². The number of carboxylic acid groups (broad SMARTS) is 1. The molecule has 3 unspecified atom stereocenters. The number of carboxylic acids is 1. The first-order valence-corrected chi connectivity index (χ1v) is 20.9. The number of amides is 1. The molecule has 0 saturated heterocycles. The number of esters is 1. The number of hydrogen-bond donors (Lipinski definition) is 4. The molecule has 0 heterocycles. The Hall–Kier alpha value is -2.04. The molecule has 0 aliphatic heterocycles. The first kappa shape index (κ1) is 48.0. The van der Waals surface area contributed by atoms with Gasteiger partial charge in [-0.1, -0.05) is 122 Å². The average Bonchev–Trinajstić information content (AvgIpc) is 3.08. The van der Waals surface area contributed by atoms with Crippen LogP contribution in [0.5, 0.6) is 0 Å². The summed E-state index contributed by atoms with van der Waals surface area (Å²) in [6.07, 6.45) is 32.1. The van der Waals surface area contributed by atoms with Crippen molar-refractivity contribution in [3.05, 3.63) is 24.3 Å². The molecular formula is C38H70NO10P. The molecule has 292 valence electrons. The highest BCUT2D eigenvalue weighted by atomic mass is 31.2. The molecule has 4 N–H and O–H groups in total. The third kappa shape index (κ3) is 33.1. The van der Waals surface area contributed by atoms with Crippen LogP contribution in [0.3, 0.4) is 0 Å². The Balaban J connectivity index is 3.99. The summed E-state index contributed by atoms with van der Waals surface area (Å²) in [7, 11) is -4.75. The van der Waals surface area contributed by atoms with Crippen molar-refractivity contribution >= 4 is 25.7 Å². The fourth-order valence-electron chi connectivity index (χ4n) is 5.11. The Kier molecular flexibility index (Phi) is 32.7. The molecule has 0 aromatic carbocycles. The number of aliphatic hydroxyl groups excluding tert-OH is 1. The smallest absolute Gasteiger partial charge is 0.472 e. The predicted molar refractivity (Wildman–Crippen MR) is 199 cm³/mol. The van der Waals surface area contributed by atoms with Gasteiger partial charge in [0.25, 0.3) is 0 Å². The van der Waals surface area contributed by atoms with E-state index >= 15 is 0 Å². The number of allylic oxidation sites excluding steroid dienone is 4. The highest BCUT2D eigenvalue weighted by Gasteiger charge is 2.28. The van der Waals surface area contributed by atoms with E-state index < -0.39 is 57.6 Å². The van der Waals surface area contributed by atoms with Gasteiger partial charge >= 0.3 is 19.8 Å². The summed E-state index contributed by atoms with van der Waals surface area (Å²) in [4.78, 5) is 45.7. The number of phosphoric acid groups is 1. The summed E-state index contributed by atoms with van der Waals surface area (Å²) in [6.45, 7) is 2.51. The lowest BCUT2D eigenvalue weighted by Gasteiger charge is -2.18. The van der Waals surface area contributed by atoms with Gasteiger partial charge in [0.1, 0.15) is 12.7 Å². The summed E-state index contributed by atoms with van der Waals surface area (Å²) >= 11 is 0. The summed E-state index contributed by atoms with van der Waals surface area (Å²) in [5.74, 6) is -2.40. The van der Waals surface area contributed by atoms with Crippen molar-refractivity contribution in [3.8, 4) is 0 Å². The molecule has 11 nitrogen and oxygen atoms in total. The molecule has 0 bridgehead atoms. The van der Waals surface area contributed by atoms with Crippen molar-refractivity contribution in [1.29, 1.82) is 0 Å². The van der Waals surface area contributed by atoms with Gasteiger partial charge < -0.3 is 25.2 Å². The second kappa shape index (κ2) is 34.1. The molecule has 0 fully saturated rings. The first-order chi connectivity index (χ1) is 24.1. The second-order valence-electron chi connectivity index (χ2n) is 13.1. The van der Waals surface area contributed by atoms with E-state index in [9.17, 15) is 34.1 Å². The number of rotatable bonds is 36. The Morgan fingerprint density at radius 1 is 0.620 bits per heavy atom. The van der Waals surface area contributed by atoms with E-state index in [1.165, 1.54) is 51.4 Å². The summed E-state index contributed by atoms with van der Waals surface area (Å²) in [5, 5.41) is 21.7. The van der Waals surface area contributed by atoms with Crippen LogP contribution in [0.2, 0.25) is 0 Å². The summed E-state index contributed by atoms with van der Waals surface area (Å²) in [5.41, 5.74) is 0. The van der Waals surface area contributed by atoms with Gasteiger partial charge in [0.2, 0.25) is 5.91 Å². The molecule has 0 radical (unpaired) electrons. The molecule has 0 spiro atoms. The van der Waals surface area contributed by atoms with Crippen molar-refractivity contribution in [1.82, 2.24) is 5.32 Å². The van der Waals surface area contributed by atoms with Crippen molar-refractivity contribution in [2.75, 3.05) is 19.8 Å². The van der Waals surface area contributed by atoms with Crippen LogP contribution in [0.25, 0.3) is 0 Å². The number of carbonyl (C=O) groups is 3. The van der Waals surface area contributed by atoms with Crippen LogP contribution in [0.15, 0.2) is 24.3 Å². The Morgan fingerprint density at radius 2 is 1.06 bits per heavy atom. The quantitative estimate of drug-likeness (QED) is 0.0211. The van der Waals surface area contributed by atoms with Crippen LogP contribution in [0.1, 0.15) is 168 Å². The molecule has 50 heavy (non-hydrogen) atoms. The van der Waals surface area contributed by atoms with Crippen molar-refractivity contribution in [3.63, 3.8) is 0 Å². The van der Waals surface area contributed by atoms with Crippen molar-refractivity contribution in [2.24, 2.45) is 0 Å². The molecule has 0 aromatic heterocycles. The largest absolute Gasteiger partial charge is 0.480 e. The Labute approximate surface area is 302 Å². The molecule has 12 heteroatoms. The van der Waals surface area contributed by atoms with E-state index in [1.807, 2.05) is 0 Å². The number of unbranched alkanes of at least 4 members (excludes halogenated alkanes) is 18. The maximum atomic E-state index is 12.3. The van der Waals surface area contributed by atoms with Crippen LogP contribution in [-0.4, -0.2) is 64.9 Å². The maximum Gasteiger partial charge on any atom is 0.472 e. The zero-order valence-corrected chi connectivity index (χ0v) is 32.1. The first-order valence-electron chi connectivity index (χ1n) is 19.4. The van der Waals surface area contributed by atoms with E-state index in [1.54, 1.807) is 0 Å². The lowest BCUT2D eigenvalue weighted by molar-refractivity contribution is -0.147. The third-order valence-corrected chi connectivity index (χ3v) is 9.16. The second-order valence-corrected chi connectivity index (χ2v) is 14.6. The molecule has 0 rings (SSSR count). The van der Waals surface area contributed by atoms with E-state index in [0.717, 1.165) is 77.0 Å². The van der Waals surface area contributed by atoms with Gasteiger partial charge in [-0.2, -0.15) is 0 Å². The zero-order chi connectivity index (χ0) is 37.1.